The molecule has 148 valence electrons. The Morgan fingerprint density at radius 2 is 1.71 bits per heavy atom. The largest absolute Gasteiger partial charge is 0.416 e. The lowest BCUT2D eigenvalue weighted by atomic mass is 10.1. The zero-order valence-electron chi connectivity index (χ0n) is 14.2. The van der Waals surface area contributed by atoms with E-state index >= 15 is 0 Å². The molecule has 0 aliphatic rings. The van der Waals surface area contributed by atoms with Crippen molar-refractivity contribution in [2.75, 3.05) is 0 Å². The van der Waals surface area contributed by atoms with Crippen molar-refractivity contribution in [2.24, 2.45) is 11.5 Å². The van der Waals surface area contributed by atoms with Crippen LogP contribution in [0.3, 0.4) is 0 Å². The molecule has 0 unspecified atom stereocenters. The molecule has 5 nitrogen and oxygen atoms in total. The first-order valence-corrected chi connectivity index (χ1v) is 7.74. The molecule has 0 saturated heterocycles. The molecular formula is C18H15F5N4O. The molecule has 5 N–H and O–H groups in total. The number of amides is 1. The highest BCUT2D eigenvalue weighted by molar-refractivity contribution is 5.94. The zero-order valence-corrected chi connectivity index (χ0v) is 14.2. The Kier molecular flexibility index (Phi) is 6.34. The number of carbonyl (C=O) groups is 1. The monoisotopic (exact) mass is 398 g/mol. The van der Waals surface area contributed by atoms with Crippen molar-refractivity contribution in [3.05, 3.63) is 83.0 Å². The first kappa shape index (κ1) is 20.9. The number of hydrogen-bond donors (Lipinski definition) is 3. The Labute approximate surface area is 156 Å². The molecule has 0 bridgehead atoms. The van der Waals surface area contributed by atoms with Crippen molar-refractivity contribution in [1.29, 1.82) is 0 Å². The lowest BCUT2D eigenvalue weighted by molar-refractivity contribution is -0.137. The van der Waals surface area contributed by atoms with Gasteiger partial charge in [-0.2, -0.15) is 13.2 Å². The van der Waals surface area contributed by atoms with E-state index in [9.17, 15) is 26.7 Å². The minimum absolute atomic E-state index is 0.0806. The van der Waals surface area contributed by atoms with Gasteiger partial charge in [0.2, 0.25) is 0 Å². The number of allylic oxidation sites excluding steroid dienone is 2. The Morgan fingerprint density at radius 1 is 1.07 bits per heavy atom. The molecule has 0 radical (unpaired) electrons. The lowest BCUT2D eigenvalue weighted by Gasteiger charge is -2.09. The van der Waals surface area contributed by atoms with E-state index in [4.69, 9.17) is 11.5 Å². The Balaban J connectivity index is 2.12. The van der Waals surface area contributed by atoms with Crippen LogP contribution < -0.4 is 16.8 Å². The van der Waals surface area contributed by atoms with Crippen LogP contribution in [0.1, 0.15) is 33.6 Å². The van der Waals surface area contributed by atoms with Crippen LogP contribution in [0, 0.1) is 0 Å². The van der Waals surface area contributed by atoms with E-state index in [1.807, 2.05) is 0 Å². The van der Waals surface area contributed by atoms with Crippen molar-refractivity contribution in [1.82, 2.24) is 10.3 Å². The fourth-order valence-electron chi connectivity index (χ4n) is 2.14. The van der Waals surface area contributed by atoms with Gasteiger partial charge in [-0.25, -0.2) is 8.78 Å². The summed E-state index contributed by atoms with van der Waals surface area (Å²) in [7, 11) is 0. The van der Waals surface area contributed by atoms with Gasteiger partial charge in [0.15, 0.2) is 0 Å². The van der Waals surface area contributed by atoms with E-state index in [1.54, 1.807) is 0 Å². The fourth-order valence-corrected chi connectivity index (χ4v) is 2.14. The quantitative estimate of drug-likeness (QED) is 0.530. The van der Waals surface area contributed by atoms with Gasteiger partial charge in [0, 0.05) is 17.5 Å². The topological polar surface area (TPSA) is 94.0 Å². The molecule has 0 aliphatic heterocycles. The van der Waals surface area contributed by atoms with Crippen LogP contribution in [0.5, 0.6) is 0 Å². The van der Waals surface area contributed by atoms with E-state index < -0.39 is 35.3 Å². The third-order valence-electron chi connectivity index (χ3n) is 3.53. The first-order chi connectivity index (χ1) is 13.1. The smallest absolute Gasteiger partial charge is 0.398 e. The molecule has 2 rings (SSSR count). The summed E-state index contributed by atoms with van der Waals surface area (Å²) in [6.07, 6.45) is -3.74. The van der Waals surface area contributed by atoms with Gasteiger partial charge >= 0.3 is 6.18 Å². The van der Waals surface area contributed by atoms with E-state index in [2.05, 4.69) is 10.3 Å². The highest BCUT2D eigenvalue weighted by Crippen LogP contribution is 2.29. The highest BCUT2D eigenvalue weighted by Gasteiger charge is 2.29. The standard InChI is InChI=1S/C18H15F5N4O/c19-16(20)12-2-1-9-26-15(12)17(28)27-14(25)8-7-13(24)10-3-5-11(6-4-10)18(21,22)23/h1-9,16H,24-25H2,(H,27,28)/b13-7-,14-8+. The molecule has 0 aliphatic carbocycles. The number of rotatable bonds is 5. The molecule has 1 aromatic heterocycles. The van der Waals surface area contributed by atoms with Crippen molar-refractivity contribution < 1.29 is 26.7 Å². The minimum atomic E-state index is -4.46. The van der Waals surface area contributed by atoms with Crippen LogP contribution >= 0.6 is 0 Å². The number of aromatic nitrogens is 1. The zero-order chi connectivity index (χ0) is 20.9. The molecule has 1 aromatic carbocycles. The van der Waals surface area contributed by atoms with Crippen molar-refractivity contribution in [3.8, 4) is 0 Å². The summed E-state index contributed by atoms with van der Waals surface area (Å²) in [6, 6.07) is 6.44. The van der Waals surface area contributed by atoms with Crippen molar-refractivity contribution in [2.45, 2.75) is 12.6 Å². The third-order valence-corrected chi connectivity index (χ3v) is 3.53. The Hall–Kier alpha value is -3.43. The van der Waals surface area contributed by atoms with Gasteiger partial charge < -0.3 is 16.8 Å². The summed E-state index contributed by atoms with van der Waals surface area (Å²) in [4.78, 5) is 15.7. The molecule has 0 fully saturated rings. The van der Waals surface area contributed by atoms with E-state index in [1.165, 1.54) is 36.5 Å². The number of halogens is 5. The van der Waals surface area contributed by atoms with E-state index in [0.29, 0.717) is 5.56 Å². The van der Waals surface area contributed by atoms with Gasteiger partial charge in [0.1, 0.15) is 11.5 Å². The van der Waals surface area contributed by atoms with E-state index in [-0.39, 0.29) is 11.5 Å². The summed E-state index contributed by atoms with van der Waals surface area (Å²) >= 11 is 0. The Morgan fingerprint density at radius 3 is 2.29 bits per heavy atom. The summed E-state index contributed by atoms with van der Waals surface area (Å²) < 4.78 is 63.5. The van der Waals surface area contributed by atoms with Crippen molar-refractivity contribution in [3.63, 3.8) is 0 Å². The average Bonchev–Trinajstić information content (AvgIpc) is 2.65. The van der Waals surface area contributed by atoms with Crippen LogP contribution in [-0.4, -0.2) is 10.9 Å². The molecule has 28 heavy (non-hydrogen) atoms. The predicted octanol–water partition coefficient (Wildman–Crippen LogP) is 3.57. The van der Waals surface area contributed by atoms with Crippen LogP contribution in [0.15, 0.2) is 60.6 Å². The number of benzene rings is 1. The van der Waals surface area contributed by atoms with Crippen molar-refractivity contribution >= 4 is 11.6 Å². The van der Waals surface area contributed by atoms with E-state index in [0.717, 1.165) is 18.2 Å². The second-order valence-electron chi connectivity index (χ2n) is 5.52. The number of alkyl halides is 5. The average molecular weight is 398 g/mol. The maximum Gasteiger partial charge on any atom is 0.416 e. The van der Waals surface area contributed by atoms with Crippen LogP contribution in [0.25, 0.3) is 5.70 Å². The third kappa shape index (κ3) is 5.29. The molecule has 0 saturated carbocycles. The lowest BCUT2D eigenvalue weighted by Crippen LogP contribution is -2.29. The van der Waals surface area contributed by atoms with Gasteiger partial charge in [0.25, 0.3) is 12.3 Å². The number of nitrogens with zero attached hydrogens (tertiary/aromatic N) is 1. The molecule has 10 heteroatoms. The predicted molar refractivity (Wildman–Crippen MR) is 92.5 cm³/mol. The second-order valence-corrected chi connectivity index (χ2v) is 5.52. The van der Waals surface area contributed by atoms with Gasteiger partial charge in [-0.15, -0.1) is 0 Å². The molecule has 1 amide bonds. The van der Waals surface area contributed by atoms with Gasteiger partial charge in [-0.3, -0.25) is 9.78 Å². The van der Waals surface area contributed by atoms with Crippen LogP contribution in [0.2, 0.25) is 0 Å². The van der Waals surface area contributed by atoms with Gasteiger partial charge in [0.05, 0.1) is 5.56 Å². The molecule has 0 spiro atoms. The number of nitrogens with two attached hydrogens (primary N) is 2. The number of carbonyl (C=O) groups excluding carboxylic acids is 1. The molecular weight excluding hydrogens is 383 g/mol. The molecule has 1 heterocycles. The van der Waals surface area contributed by atoms with Gasteiger partial charge in [-0.05, 0) is 42.0 Å². The van der Waals surface area contributed by atoms with Crippen LogP contribution in [0.4, 0.5) is 22.0 Å². The SMILES string of the molecule is N/C(=C\C=C(/N)NC(=O)c1ncccc1C(F)F)c1ccc(C(F)(F)F)cc1. The summed E-state index contributed by atoms with van der Waals surface area (Å²) in [6.45, 7) is 0. The summed E-state index contributed by atoms with van der Waals surface area (Å²) in [5.74, 6) is -1.16. The highest BCUT2D eigenvalue weighted by atomic mass is 19.4. The summed E-state index contributed by atoms with van der Waals surface area (Å²) in [5.41, 5.74) is 9.90. The molecule has 2 aromatic rings. The number of hydrogen-bond acceptors (Lipinski definition) is 4. The fraction of sp³-hybridized carbons (Fsp3) is 0.111. The summed E-state index contributed by atoms with van der Waals surface area (Å²) in [5, 5.41) is 2.18. The van der Waals surface area contributed by atoms with Gasteiger partial charge in [-0.1, -0.05) is 12.1 Å². The first-order valence-electron chi connectivity index (χ1n) is 7.74. The van der Waals surface area contributed by atoms with Crippen LogP contribution in [-0.2, 0) is 6.18 Å². The number of pyridine rings is 1. The minimum Gasteiger partial charge on any atom is -0.398 e. The maximum absolute atomic E-state index is 12.9. The Bertz CT molecular complexity index is 905. The molecule has 0 atom stereocenters. The second kappa shape index (κ2) is 8.51. The normalized spacial score (nSPS) is 12.9. The maximum atomic E-state index is 12.9. The number of nitrogens with one attached hydrogen (secondary N) is 1.